The third kappa shape index (κ3) is 1.66. The second-order valence-corrected chi connectivity index (χ2v) is 4.44. The van der Waals surface area contributed by atoms with Gasteiger partial charge in [0.15, 0.2) is 0 Å². The molecule has 2 aromatic heterocycles. The average Bonchev–Trinajstić information content (AvgIpc) is 2.87. The molecule has 90 valence electrons. The van der Waals surface area contributed by atoms with E-state index >= 15 is 0 Å². The van der Waals surface area contributed by atoms with Gasteiger partial charge in [-0.2, -0.15) is 5.10 Å². The molecule has 0 unspecified atom stereocenters. The van der Waals surface area contributed by atoms with Gasteiger partial charge >= 0.3 is 0 Å². The SMILES string of the molecule is Cc1cc2c(Cl)c(-c3ccn[nH]3)cc(F)c2cn1. The third-order valence-electron chi connectivity index (χ3n) is 2.83. The highest BCUT2D eigenvalue weighted by Gasteiger charge is 2.13. The lowest BCUT2D eigenvalue weighted by atomic mass is 10.1. The first-order valence-electron chi connectivity index (χ1n) is 5.41. The van der Waals surface area contributed by atoms with Crippen molar-refractivity contribution in [1.29, 1.82) is 0 Å². The molecule has 1 aromatic carbocycles. The van der Waals surface area contributed by atoms with Gasteiger partial charge in [-0.15, -0.1) is 0 Å². The third-order valence-corrected chi connectivity index (χ3v) is 3.24. The van der Waals surface area contributed by atoms with E-state index in [4.69, 9.17) is 11.6 Å². The molecule has 3 rings (SSSR count). The first-order chi connectivity index (χ1) is 8.66. The summed E-state index contributed by atoms with van der Waals surface area (Å²) in [7, 11) is 0. The van der Waals surface area contributed by atoms with Crippen LogP contribution in [0.3, 0.4) is 0 Å². The van der Waals surface area contributed by atoms with Crippen LogP contribution in [0.15, 0.2) is 30.6 Å². The minimum absolute atomic E-state index is 0.341. The summed E-state index contributed by atoms with van der Waals surface area (Å²) in [6.45, 7) is 1.84. The predicted octanol–water partition coefficient (Wildman–Crippen LogP) is 3.73. The zero-order valence-electron chi connectivity index (χ0n) is 9.54. The number of rotatable bonds is 1. The number of aryl methyl sites for hydroxylation is 1. The fourth-order valence-corrected chi connectivity index (χ4v) is 2.26. The van der Waals surface area contributed by atoms with Crippen molar-refractivity contribution < 1.29 is 4.39 Å². The number of benzene rings is 1. The molecule has 0 aliphatic rings. The summed E-state index contributed by atoms with van der Waals surface area (Å²) in [4.78, 5) is 4.08. The Hall–Kier alpha value is -1.94. The molecule has 0 radical (unpaired) electrons. The van der Waals surface area contributed by atoms with E-state index in [2.05, 4.69) is 15.2 Å². The number of halogens is 2. The normalized spacial score (nSPS) is 11.1. The molecule has 5 heteroatoms. The molecule has 18 heavy (non-hydrogen) atoms. The van der Waals surface area contributed by atoms with Gasteiger partial charge in [-0.1, -0.05) is 11.6 Å². The maximum atomic E-state index is 14.0. The van der Waals surface area contributed by atoms with E-state index in [0.717, 1.165) is 5.69 Å². The Balaban J connectivity index is 2.39. The van der Waals surface area contributed by atoms with E-state index in [-0.39, 0.29) is 5.82 Å². The van der Waals surface area contributed by atoms with Crippen LogP contribution < -0.4 is 0 Å². The summed E-state index contributed by atoms with van der Waals surface area (Å²) in [5.74, 6) is -0.341. The van der Waals surface area contributed by atoms with E-state index < -0.39 is 0 Å². The lowest BCUT2D eigenvalue weighted by molar-refractivity contribution is 0.640. The van der Waals surface area contributed by atoms with E-state index in [1.54, 1.807) is 18.3 Å². The van der Waals surface area contributed by atoms with Crippen LogP contribution in [0, 0.1) is 12.7 Å². The molecule has 0 fully saturated rings. The molecule has 1 N–H and O–H groups in total. The van der Waals surface area contributed by atoms with E-state index in [1.807, 2.05) is 6.92 Å². The van der Waals surface area contributed by atoms with Crippen LogP contribution in [0.2, 0.25) is 5.02 Å². The topological polar surface area (TPSA) is 41.6 Å². The Morgan fingerprint density at radius 2 is 2.11 bits per heavy atom. The van der Waals surface area contributed by atoms with Crippen LogP contribution >= 0.6 is 11.6 Å². The quantitative estimate of drug-likeness (QED) is 0.725. The molecule has 3 nitrogen and oxygen atoms in total. The van der Waals surface area contributed by atoms with Gasteiger partial charge < -0.3 is 0 Å². The van der Waals surface area contributed by atoms with Gasteiger partial charge in [-0.3, -0.25) is 10.1 Å². The van der Waals surface area contributed by atoms with Gasteiger partial charge in [0, 0.05) is 34.4 Å². The first kappa shape index (κ1) is 11.2. The summed E-state index contributed by atoms with van der Waals surface area (Å²) in [6, 6.07) is 4.93. The average molecular weight is 262 g/mol. The van der Waals surface area contributed by atoms with Gasteiger partial charge in [-0.25, -0.2) is 4.39 Å². The van der Waals surface area contributed by atoms with Crippen LogP contribution in [-0.2, 0) is 0 Å². The van der Waals surface area contributed by atoms with Gasteiger partial charge in [-0.05, 0) is 25.1 Å². The number of aromatic amines is 1. The molecule has 0 aliphatic heterocycles. The number of aromatic nitrogens is 3. The second kappa shape index (κ2) is 4.07. The van der Waals surface area contributed by atoms with Crippen LogP contribution in [0.1, 0.15) is 5.69 Å². The zero-order chi connectivity index (χ0) is 12.7. The van der Waals surface area contributed by atoms with Crippen LogP contribution in [0.5, 0.6) is 0 Å². The molecule has 3 aromatic rings. The van der Waals surface area contributed by atoms with Gasteiger partial charge in [0.1, 0.15) is 5.82 Å². The Bertz CT molecular complexity index is 723. The highest BCUT2D eigenvalue weighted by Crippen LogP contribution is 2.35. The van der Waals surface area contributed by atoms with Crippen molar-refractivity contribution in [3.63, 3.8) is 0 Å². The molecule has 0 aliphatic carbocycles. The molecular formula is C13H9ClFN3. The van der Waals surface area contributed by atoms with Crippen LogP contribution in [0.4, 0.5) is 4.39 Å². The summed E-state index contributed by atoms with van der Waals surface area (Å²) in [5.41, 5.74) is 2.09. The fraction of sp³-hybridized carbons (Fsp3) is 0.0769. The van der Waals surface area contributed by atoms with Crippen molar-refractivity contribution in [2.45, 2.75) is 6.92 Å². The monoisotopic (exact) mass is 261 g/mol. The summed E-state index contributed by atoms with van der Waals surface area (Å²) < 4.78 is 14.0. The Morgan fingerprint density at radius 1 is 1.28 bits per heavy atom. The van der Waals surface area contributed by atoms with Gasteiger partial charge in [0.2, 0.25) is 0 Å². The molecular weight excluding hydrogens is 253 g/mol. The summed E-state index contributed by atoms with van der Waals surface area (Å²) in [5, 5.41) is 8.22. The minimum Gasteiger partial charge on any atom is -0.278 e. The highest BCUT2D eigenvalue weighted by molar-refractivity contribution is 6.38. The van der Waals surface area contributed by atoms with Gasteiger partial charge in [0.25, 0.3) is 0 Å². The molecule has 0 amide bonds. The summed E-state index contributed by atoms with van der Waals surface area (Å²) >= 11 is 6.33. The number of H-pyrrole nitrogens is 1. The summed E-state index contributed by atoms with van der Waals surface area (Å²) in [6.07, 6.45) is 3.11. The minimum atomic E-state index is -0.341. The largest absolute Gasteiger partial charge is 0.278 e. The van der Waals surface area contributed by atoms with Crippen LogP contribution in [0.25, 0.3) is 22.0 Å². The second-order valence-electron chi connectivity index (χ2n) is 4.06. The van der Waals surface area contributed by atoms with E-state index in [9.17, 15) is 4.39 Å². The van der Waals surface area contributed by atoms with Crippen molar-refractivity contribution >= 4 is 22.4 Å². The van der Waals surface area contributed by atoms with Crippen molar-refractivity contribution in [3.8, 4) is 11.3 Å². The molecule has 0 bridgehead atoms. The highest BCUT2D eigenvalue weighted by atomic mass is 35.5. The lowest BCUT2D eigenvalue weighted by Crippen LogP contribution is -1.90. The first-order valence-corrected chi connectivity index (χ1v) is 5.78. The zero-order valence-corrected chi connectivity index (χ0v) is 10.3. The standard InChI is InChI=1S/C13H9ClFN3/c1-7-4-8-10(6-16-7)11(15)5-9(13(8)14)12-2-3-17-18-12/h2-6H,1H3,(H,17,18). The lowest BCUT2D eigenvalue weighted by Gasteiger charge is -2.08. The molecule has 0 spiro atoms. The van der Waals surface area contributed by atoms with Gasteiger partial charge in [0.05, 0.1) is 10.7 Å². The Kier molecular flexibility index (Phi) is 2.52. The maximum absolute atomic E-state index is 14.0. The number of nitrogens with zero attached hydrogens (tertiary/aromatic N) is 2. The molecule has 0 saturated carbocycles. The van der Waals surface area contributed by atoms with E-state index in [0.29, 0.717) is 27.1 Å². The Labute approximate surface area is 108 Å². The fourth-order valence-electron chi connectivity index (χ4n) is 1.95. The smallest absolute Gasteiger partial charge is 0.133 e. The number of pyridine rings is 1. The maximum Gasteiger partial charge on any atom is 0.133 e. The predicted molar refractivity (Wildman–Crippen MR) is 69.0 cm³/mol. The molecule has 0 atom stereocenters. The number of hydrogen-bond donors (Lipinski definition) is 1. The number of fused-ring (bicyclic) bond motifs is 1. The number of hydrogen-bond acceptors (Lipinski definition) is 2. The Morgan fingerprint density at radius 3 is 2.83 bits per heavy atom. The molecule has 0 saturated heterocycles. The van der Waals surface area contributed by atoms with Crippen LogP contribution in [-0.4, -0.2) is 15.2 Å². The van der Waals surface area contributed by atoms with Crippen molar-refractivity contribution in [1.82, 2.24) is 15.2 Å². The molecule has 2 heterocycles. The van der Waals surface area contributed by atoms with E-state index in [1.165, 1.54) is 12.3 Å². The van der Waals surface area contributed by atoms with Crippen molar-refractivity contribution in [2.24, 2.45) is 0 Å². The van der Waals surface area contributed by atoms with Crippen molar-refractivity contribution in [2.75, 3.05) is 0 Å². The number of nitrogens with one attached hydrogen (secondary N) is 1. The van der Waals surface area contributed by atoms with Crippen molar-refractivity contribution in [3.05, 3.63) is 47.1 Å².